The highest BCUT2D eigenvalue weighted by molar-refractivity contribution is 6.01. The summed E-state index contributed by atoms with van der Waals surface area (Å²) >= 11 is 0. The lowest BCUT2D eigenvalue weighted by Crippen LogP contribution is -2.35. The van der Waals surface area contributed by atoms with Gasteiger partial charge in [-0.25, -0.2) is 4.39 Å². The van der Waals surface area contributed by atoms with Gasteiger partial charge in [-0.15, -0.1) is 0 Å². The molecule has 2 heterocycles. The van der Waals surface area contributed by atoms with E-state index in [-0.39, 0.29) is 23.3 Å². The number of methoxy groups -OCH3 is 1. The zero-order valence-corrected chi connectivity index (χ0v) is 19.3. The van der Waals surface area contributed by atoms with E-state index in [2.05, 4.69) is 22.5 Å². The van der Waals surface area contributed by atoms with E-state index in [4.69, 9.17) is 4.74 Å². The largest absolute Gasteiger partial charge is 0.383 e. The Labute approximate surface area is 189 Å². The summed E-state index contributed by atoms with van der Waals surface area (Å²) in [6, 6.07) is 10.7. The number of hydrogen-bond acceptors (Lipinski definition) is 4. The van der Waals surface area contributed by atoms with Gasteiger partial charge in [0.1, 0.15) is 17.5 Å². The number of hydrogen-bond donors (Lipinski definition) is 0. The van der Waals surface area contributed by atoms with E-state index in [1.165, 1.54) is 12.1 Å². The molecule has 1 amide bonds. The number of aromatic nitrogens is 1. The number of benzene rings is 1. The zero-order chi connectivity index (χ0) is 23.3. The van der Waals surface area contributed by atoms with Crippen molar-refractivity contribution < 1.29 is 13.9 Å². The number of carbonyl (C=O) groups excluding carboxylic acids is 1. The average Bonchev–Trinajstić information content (AvgIpc) is 2.93. The van der Waals surface area contributed by atoms with Gasteiger partial charge in [0, 0.05) is 50.4 Å². The molecular formula is C25H31FN4O2. The van der Waals surface area contributed by atoms with Gasteiger partial charge in [-0.1, -0.05) is 0 Å². The average molecular weight is 439 g/mol. The normalized spacial score (nSPS) is 15.9. The summed E-state index contributed by atoms with van der Waals surface area (Å²) in [5, 5.41) is 9.74. The van der Waals surface area contributed by atoms with Crippen LogP contribution in [0.25, 0.3) is 6.08 Å². The van der Waals surface area contributed by atoms with Crippen LogP contribution in [-0.4, -0.2) is 55.3 Å². The van der Waals surface area contributed by atoms with E-state index < -0.39 is 0 Å². The highest BCUT2D eigenvalue weighted by atomic mass is 19.1. The second-order valence-corrected chi connectivity index (χ2v) is 8.28. The number of nitriles is 1. The Hall–Kier alpha value is -3.11. The van der Waals surface area contributed by atoms with Crippen molar-refractivity contribution in [3.63, 3.8) is 0 Å². The van der Waals surface area contributed by atoms with E-state index >= 15 is 0 Å². The minimum absolute atomic E-state index is 0.139. The molecule has 1 saturated heterocycles. The molecule has 32 heavy (non-hydrogen) atoms. The van der Waals surface area contributed by atoms with E-state index in [9.17, 15) is 14.4 Å². The summed E-state index contributed by atoms with van der Waals surface area (Å²) in [6.07, 6.45) is 2.48. The van der Waals surface area contributed by atoms with E-state index in [0.717, 1.165) is 35.6 Å². The SMILES string of the molecule is COCC(C)n1c(C)cc(/C=C(/C#N)C(=O)N2CCCN(c3ccc(F)cc3)CC2)c1C. The molecule has 170 valence electrons. The van der Waals surface area contributed by atoms with Crippen molar-refractivity contribution in [3.8, 4) is 6.07 Å². The Bertz CT molecular complexity index is 1020. The van der Waals surface area contributed by atoms with Gasteiger partial charge in [0.05, 0.1) is 12.6 Å². The Morgan fingerprint density at radius 3 is 2.59 bits per heavy atom. The predicted octanol–water partition coefficient (Wildman–Crippen LogP) is 4.10. The summed E-state index contributed by atoms with van der Waals surface area (Å²) in [4.78, 5) is 17.0. The molecule has 1 aromatic carbocycles. The first-order valence-corrected chi connectivity index (χ1v) is 10.9. The van der Waals surface area contributed by atoms with E-state index in [1.807, 2.05) is 19.9 Å². The van der Waals surface area contributed by atoms with Crippen LogP contribution in [0.3, 0.4) is 0 Å². The lowest BCUT2D eigenvalue weighted by molar-refractivity contribution is -0.126. The number of amides is 1. The summed E-state index contributed by atoms with van der Waals surface area (Å²) in [5.74, 6) is -0.511. The predicted molar refractivity (Wildman–Crippen MR) is 124 cm³/mol. The zero-order valence-electron chi connectivity index (χ0n) is 19.3. The van der Waals surface area contributed by atoms with Crippen molar-refractivity contribution in [2.45, 2.75) is 33.2 Å². The van der Waals surface area contributed by atoms with Crippen molar-refractivity contribution in [2.24, 2.45) is 0 Å². The number of ether oxygens (including phenoxy) is 1. The van der Waals surface area contributed by atoms with Crippen LogP contribution in [-0.2, 0) is 9.53 Å². The first kappa shape index (κ1) is 23.6. The second kappa shape index (κ2) is 10.5. The molecule has 1 aliphatic heterocycles. The summed E-state index contributed by atoms with van der Waals surface area (Å²) < 4.78 is 20.7. The fourth-order valence-electron chi connectivity index (χ4n) is 4.44. The van der Waals surface area contributed by atoms with Crippen LogP contribution in [0, 0.1) is 31.0 Å². The van der Waals surface area contributed by atoms with Crippen LogP contribution in [0.2, 0.25) is 0 Å². The Morgan fingerprint density at radius 1 is 1.22 bits per heavy atom. The van der Waals surface area contributed by atoms with Gasteiger partial charge in [-0.2, -0.15) is 5.26 Å². The molecule has 0 radical (unpaired) electrons. The smallest absolute Gasteiger partial charge is 0.264 e. The molecule has 1 aliphatic rings. The molecule has 0 spiro atoms. The third-order valence-electron chi connectivity index (χ3n) is 6.00. The maximum atomic E-state index is 13.2. The molecule has 1 fully saturated rings. The lowest BCUT2D eigenvalue weighted by Gasteiger charge is -2.23. The second-order valence-electron chi connectivity index (χ2n) is 8.28. The molecule has 2 aromatic rings. The standard InChI is InChI=1S/C25H31FN4O2/c1-18-14-21(20(3)30(18)19(2)17-32-4)15-22(16-27)25(31)29-11-5-10-28(12-13-29)24-8-6-23(26)7-9-24/h6-9,14-15,19H,5,10-13,17H2,1-4H3/b22-15-. The van der Waals surface area contributed by atoms with Gasteiger partial charge in [-0.3, -0.25) is 4.79 Å². The highest BCUT2D eigenvalue weighted by Gasteiger charge is 2.23. The van der Waals surface area contributed by atoms with Crippen molar-refractivity contribution in [1.82, 2.24) is 9.47 Å². The van der Waals surface area contributed by atoms with Crippen LogP contribution < -0.4 is 4.90 Å². The van der Waals surface area contributed by atoms with Gasteiger partial charge < -0.3 is 19.1 Å². The van der Waals surface area contributed by atoms with Gasteiger partial charge in [0.25, 0.3) is 5.91 Å². The summed E-state index contributed by atoms with van der Waals surface area (Å²) in [5.41, 5.74) is 4.02. The third-order valence-corrected chi connectivity index (χ3v) is 6.00. The van der Waals surface area contributed by atoms with Gasteiger partial charge in [-0.05, 0) is 69.2 Å². The lowest BCUT2D eigenvalue weighted by atomic mass is 10.1. The Morgan fingerprint density at radius 2 is 1.94 bits per heavy atom. The van der Waals surface area contributed by atoms with Crippen LogP contribution in [0.1, 0.15) is 36.3 Å². The number of anilines is 1. The number of halogens is 1. The minimum Gasteiger partial charge on any atom is -0.383 e. The summed E-state index contributed by atoms with van der Waals surface area (Å²) in [7, 11) is 1.68. The molecule has 0 N–H and O–H groups in total. The number of nitrogens with zero attached hydrogens (tertiary/aromatic N) is 4. The van der Waals surface area contributed by atoms with Crippen LogP contribution in [0.4, 0.5) is 10.1 Å². The molecule has 3 rings (SSSR count). The van der Waals surface area contributed by atoms with E-state index in [1.54, 1.807) is 30.2 Å². The molecule has 6 nitrogen and oxygen atoms in total. The maximum absolute atomic E-state index is 13.2. The number of carbonyl (C=O) groups is 1. The maximum Gasteiger partial charge on any atom is 0.264 e. The summed E-state index contributed by atoms with van der Waals surface area (Å²) in [6.45, 7) is 9.19. The molecule has 1 atom stereocenters. The number of rotatable bonds is 6. The fourth-order valence-corrected chi connectivity index (χ4v) is 4.44. The quantitative estimate of drug-likeness (QED) is 0.503. The molecule has 0 aliphatic carbocycles. The molecule has 0 saturated carbocycles. The molecule has 7 heteroatoms. The van der Waals surface area contributed by atoms with Gasteiger partial charge in [0.15, 0.2) is 0 Å². The molecule has 0 bridgehead atoms. The molecule has 1 aromatic heterocycles. The first-order chi connectivity index (χ1) is 15.3. The minimum atomic E-state index is -0.264. The van der Waals surface area contributed by atoms with Crippen molar-refractivity contribution >= 4 is 17.7 Å². The van der Waals surface area contributed by atoms with Crippen molar-refractivity contribution in [3.05, 3.63) is 58.7 Å². The Kier molecular flexibility index (Phi) is 7.70. The third kappa shape index (κ3) is 5.20. The van der Waals surface area contributed by atoms with Crippen molar-refractivity contribution in [2.75, 3.05) is 44.8 Å². The van der Waals surface area contributed by atoms with Crippen LogP contribution in [0.5, 0.6) is 0 Å². The van der Waals surface area contributed by atoms with Gasteiger partial charge in [0.2, 0.25) is 0 Å². The van der Waals surface area contributed by atoms with Crippen LogP contribution in [0.15, 0.2) is 35.9 Å². The molecule has 1 unspecified atom stereocenters. The monoisotopic (exact) mass is 438 g/mol. The highest BCUT2D eigenvalue weighted by Crippen LogP contribution is 2.24. The first-order valence-electron chi connectivity index (χ1n) is 10.9. The molecular weight excluding hydrogens is 407 g/mol. The van der Waals surface area contributed by atoms with E-state index in [0.29, 0.717) is 26.2 Å². The van der Waals surface area contributed by atoms with Crippen LogP contribution >= 0.6 is 0 Å². The Balaban J connectivity index is 1.76. The van der Waals surface area contributed by atoms with Gasteiger partial charge >= 0.3 is 0 Å². The fraction of sp³-hybridized carbons (Fsp3) is 0.440. The van der Waals surface area contributed by atoms with Crippen molar-refractivity contribution in [1.29, 1.82) is 5.26 Å². The number of aryl methyl sites for hydroxylation is 1. The topological polar surface area (TPSA) is 61.5 Å².